The second-order valence-corrected chi connectivity index (χ2v) is 31.2. The van der Waals surface area contributed by atoms with Crippen LogP contribution in [-0.2, 0) is 80.0 Å². The van der Waals surface area contributed by atoms with Crippen molar-refractivity contribution in [2.24, 2.45) is 21.1 Å². The van der Waals surface area contributed by atoms with Crippen molar-refractivity contribution in [1.29, 1.82) is 0 Å². The van der Waals surface area contributed by atoms with Crippen LogP contribution in [0.2, 0.25) is 0 Å². The first-order valence-electron chi connectivity index (χ1n) is 39.1. The number of imidazole rings is 2. The third-order valence-electron chi connectivity index (χ3n) is 25.1. The van der Waals surface area contributed by atoms with Crippen LogP contribution in [0.1, 0.15) is 27.8 Å². The number of para-hydroxylation sites is 3. The van der Waals surface area contributed by atoms with E-state index in [2.05, 4.69) is 400 Å². The van der Waals surface area contributed by atoms with Crippen molar-refractivity contribution in [2.75, 3.05) is 0 Å². The molecule has 0 N–H and O–H groups in total. The second kappa shape index (κ2) is 25.8. The maximum absolute atomic E-state index is 4.64. The number of nitrogens with zero attached hydrogens (tertiary/aromatic N) is 15. The summed E-state index contributed by atoms with van der Waals surface area (Å²) in [5.41, 5.74) is 28.8. The van der Waals surface area contributed by atoms with Gasteiger partial charge < -0.3 is 14.9 Å². The fourth-order valence-corrected chi connectivity index (χ4v) is 20.5. The van der Waals surface area contributed by atoms with Gasteiger partial charge in [0, 0.05) is 89.6 Å². The molecule has 116 heavy (non-hydrogen) atoms. The van der Waals surface area contributed by atoms with Gasteiger partial charge in [-0.15, -0.1) is 9.13 Å². The van der Waals surface area contributed by atoms with Crippen molar-refractivity contribution in [1.82, 2.24) is 23.0 Å². The Balaban J connectivity index is 0.0000000878. The molecule has 0 spiro atoms. The van der Waals surface area contributed by atoms with Crippen molar-refractivity contribution in [3.05, 3.63) is 359 Å². The summed E-state index contributed by atoms with van der Waals surface area (Å²) in [5, 5.41) is 18.8. The molecule has 29 rings (SSSR count). The van der Waals surface area contributed by atoms with Crippen molar-refractivity contribution in [3.8, 4) is 33.9 Å². The molecule has 0 saturated heterocycles. The summed E-state index contributed by atoms with van der Waals surface area (Å²) >= 11 is 0. The van der Waals surface area contributed by atoms with Crippen LogP contribution in [0.3, 0.4) is 0 Å². The molecular formula is C100H79N15Zn+10. The van der Waals surface area contributed by atoms with Crippen molar-refractivity contribution >= 4 is 142 Å². The Morgan fingerprint density at radius 1 is 0.345 bits per heavy atom. The van der Waals surface area contributed by atoms with E-state index >= 15 is 0 Å². The third-order valence-corrected chi connectivity index (χ3v) is 25.1. The number of rotatable bonds is 3. The van der Waals surface area contributed by atoms with E-state index in [0.29, 0.717) is 0 Å². The van der Waals surface area contributed by atoms with Gasteiger partial charge in [-0.05, 0) is 76.8 Å². The monoisotopic (exact) mass is 1550 g/mol. The molecule has 6 aliphatic rings. The van der Waals surface area contributed by atoms with Gasteiger partial charge in [0.1, 0.15) is 84.4 Å². The van der Waals surface area contributed by atoms with Gasteiger partial charge in [-0.2, -0.15) is 17.9 Å². The molecule has 23 aromatic rings. The first-order chi connectivity index (χ1) is 55.8. The van der Waals surface area contributed by atoms with E-state index in [4.69, 9.17) is 0 Å². The molecule has 0 radical (unpaired) electrons. The minimum absolute atomic E-state index is 0. The summed E-state index contributed by atoms with van der Waals surface area (Å²) in [6, 6.07) is 95.6. The number of benzene rings is 10. The molecular weight excluding hydrogens is 1480 g/mol. The maximum atomic E-state index is 4.64. The molecule has 15 nitrogen and oxygen atoms in total. The summed E-state index contributed by atoms with van der Waals surface area (Å²) in [6.45, 7) is 5.68. The summed E-state index contributed by atoms with van der Waals surface area (Å²) in [6.07, 6.45) is 17.5. The van der Waals surface area contributed by atoms with Crippen LogP contribution < -0.4 is 45.7 Å². The molecule has 19 heterocycles. The number of aryl methyl sites for hydroxylation is 3. The first-order valence-corrected chi connectivity index (χ1v) is 39.1. The normalized spacial score (nSPS) is 12.9. The van der Waals surface area contributed by atoms with E-state index in [-0.39, 0.29) is 34.3 Å². The van der Waals surface area contributed by atoms with Crippen molar-refractivity contribution in [2.45, 2.75) is 39.4 Å². The Labute approximate surface area is 679 Å². The summed E-state index contributed by atoms with van der Waals surface area (Å²) in [7, 11) is 6.45. The zero-order chi connectivity index (χ0) is 74.2. The van der Waals surface area contributed by atoms with E-state index in [9.17, 15) is 0 Å². The SMILES string of the molecule is C[n+]1c(-c2ccccc2)[n+]2c3c4c(cccc4c4ccccc4n31)C2.C[n+]1ccc2c3c1c1ccccc1[n+]1cc(-c4ccccc4)n(c31)C2.C[n+]1ccc2c3c1c1ccccc1n1c(-c4ccccc4)c[n+](c31)C2.[CH3-].[CH3-].[Zn+2].c1cc2c3c(c1)c1ccc[n+]4c1n1c3[n+](c[n+]1C4)C2.c1ccc2c(c1)c1ccc[n+]3c1c1c(ccnc21)C3. The number of hydrogen-bond acceptors (Lipinski definition) is 1. The quantitative estimate of drug-likeness (QED) is 0.0752. The van der Waals surface area contributed by atoms with Gasteiger partial charge in [-0.25, -0.2) is 18.3 Å². The predicted molar refractivity (Wildman–Crippen MR) is 451 cm³/mol. The van der Waals surface area contributed by atoms with Crippen LogP contribution in [-0.4, -0.2) is 23.0 Å². The van der Waals surface area contributed by atoms with Crippen LogP contribution in [0.4, 0.5) is 0 Å². The van der Waals surface area contributed by atoms with Crippen molar-refractivity contribution in [3.63, 3.8) is 0 Å². The molecule has 0 atom stereocenters. The Morgan fingerprint density at radius 2 is 0.897 bits per heavy atom. The van der Waals surface area contributed by atoms with Gasteiger partial charge in [0.2, 0.25) is 16.6 Å². The molecule has 10 aromatic carbocycles. The molecule has 0 bridgehead atoms. The fraction of sp³-hybridized carbons (Fsp3) is 0.0900. The fourth-order valence-electron chi connectivity index (χ4n) is 20.5. The molecule has 0 unspecified atom stereocenters. The minimum atomic E-state index is 0. The standard InChI is InChI=1S/3C22H17N3.C17H11N2.C15H11N4.2CH3.Zn/c1-23-21(15-8-3-2-4-9-15)24-14-16-10-7-12-18-17-11-5-6-13-19(17)25(23)22(24)20(16)18;1-23-12-11-16-13-24-19(15-7-3-2-4-8-15)14-25-18-10-6-5-9-17(18)21(23)20(16)22(24)25;1-23-12-11-16-13-24-14-19(15-7-3-2-4-8-15)25-18-10-6-5-9-17(18)21(23)20(16)22(24)25;1-2-5-13-12(4-1)14-6-3-9-19-10-11-7-8-18-16(13)15(11)17(14)19;1-3-10-7-17-9-18-8-16-6-2-5-12-11(4-1)13(10)15(17)19(18)14(12)16;;;/h2-13H,14H2,1H3;2*2-12,14H,13H2,1H3;1-9H,10H2;1-6,9H,7-8H2;2*1H3;/q3*+2;+1;+3;2*-1;+2. The Bertz CT molecular complexity index is 8000. The largest absolute Gasteiger partial charge is 2.00 e. The maximum Gasteiger partial charge on any atom is 2.00 e. The van der Waals surface area contributed by atoms with Gasteiger partial charge in [0.15, 0.2) is 50.1 Å². The van der Waals surface area contributed by atoms with E-state index in [1.807, 2.05) is 6.20 Å². The number of hydrogen-bond donors (Lipinski definition) is 0. The molecule has 13 aromatic heterocycles. The van der Waals surface area contributed by atoms with Crippen LogP contribution in [0.25, 0.3) is 176 Å². The van der Waals surface area contributed by atoms with E-state index < -0.39 is 0 Å². The summed E-state index contributed by atoms with van der Waals surface area (Å²) in [5.74, 6) is 1.24. The van der Waals surface area contributed by atoms with E-state index in [1.165, 1.54) is 198 Å². The van der Waals surface area contributed by atoms with Gasteiger partial charge in [0.25, 0.3) is 6.67 Å². The summed E-state index contributed by atoms with van der Waals surface area (Å²) in [4.78, 5) is 4.64. The predicted octanol–water partition coefficient (Wildman–Crippen LogP) is 14.5. The van der Waals surface area contributed by atoms with E-state index in [1.54, 1.807) is 0 Å². The van der Waals surface area contributed by atoms with Gasteiger partial charge in [-0.1, -0.05) is 187 Å². The zero-order valence-electron chi connectivity index (χ0n) is 65.2. The smallest absolute Gasteiger partial charge is 0.358 e. The average molecular weight is 1560 g/mol. The molecule has 0 saturated carbocycles. The van der Waals surface area contributed by atoms with Gasteiger partial charge >= 0.3 is 59.9 Å². The van der Waals surface area contributed by atoms with E-state index in [0.717, 1.165) is 44.9 Å². The second-order valence-electron chi connectivity index (χ2n) is 31.2. The van der Waals surface area contributed by atoms with Crippen LogP contribution >= 0.6 is 0 Å². The van der Waals surface area contributed by atoms with Crippen LogP contribution in [0, 0.1) is 14.9 Å². The van der Waals surface area contributed by atoms with Crippen molar-refractivity contribution < 1.29 is 65.2 Å². The molecule has 16 heteroatoms. The van der Waals surface area contributed by atoms with Crippen LogP contribution in [0.15, 0.2) is 317 Å². The van der Waals surface area contributed by atoms with Gasteiger partial charge in [-0.3, -0.25) is 4.98 Å². The van der Waals surface area contributed by atoms with Gasteiger partial charge in [0.05, 0.1) is 48.5 Å². The number of aromatic nitrogens is 15. The first kappa shape index (κ1) is 68.8. The zero-order valence-corrected chi connectivity index (χ0v) is 68.1. The average Bonchev–Trinajstić information content (AvgIpc) is 1.55. The molecule has 546 valence electrons. The molecule has 0 fully saturated rings. The topological polar surface area (TPSA) is 70.1 Å². The molecule has 6 aliphatic heterocycles. The minimum Gasteiger partial charge on any atom is -0.358 e. The van der Waals surface area contributed by atoms with Crippen LogP contribution in [0.5, 0.6) is 0 Å². The number of fused-ring (bicyclic) bond motifs is 13. The Hall–Kier alpha value is -13.9. The Kier molecular flexibility index (Phi) is 15.3. The molecule has 0 amide bonds. The number of pyridine rings is 9. The Morgan fingerprint density at radius 3 is 1.66 bits per heavy atom. The molecule has 0 aliphatic carbocycles. The summed E-state index contributed by atoms with van der Waals surface area (Å²) < 4.78 is 33.0. The third kappa shape index (κ3) is 9.46.